The number of aliphatic imine (C=N–C) groups is 1. The molecule has 134 valence electrons. The molecule has 0 amide bonds. The van der Waals surface area contributed by atoms with Gasteiger partial charge in [0.15, 0.2) is 5.69 Å². The molecule has 2 aliphatic rings. The number of fused-ring (bicyclic) bond motifs is 2. The molecule has 0 saturated carbocycles. The van der Waals surface area contributed by atoms with Crippen molar-refractivity contribution in [3.8, 4) is 5.88 Å². The van der Waals surface area contributed by atoms with E-state index in [9.17, 15) is 4.79 Å². The summed E-state index contributed by atoms with van der Waals surface area (Å²) in [6.45, 7) is 2.36. The van der Waals surface area contributed by atoms with E-state index in [0.29, 0.717) is 55.0 Å². The zero-order chi connectivity index (χ0) is 17.9. The molecule has 0 atom stereocenters. The average molecular weight is 353 g/mol. The quantitative estimate of drug-likeness (QED) is 0.615. The first-order chi connectivity index (χ1) is 12.8. The largest absolute Gasteiger partial charge is 0.490 e. The number of hydrogen-bond acceptors (Lipinski definition) is 7. The summed E-state index contributed by atoms with van der Waals surface area (Å²) in [5.41, 5.74) is 2.29. The third-order valence-corrected chi connectivity index (χ3v) is 4.04. The lowest BCUT2D eigenvalue weighted by atomic mass is 10.1. The fraction of sp³-hybridized carbons (Fsp3) is 0.278. The third kappa shape index (κ3) is 3.06. The molecule has 8 nitrogen and oxygen atoms in total. The van der Waals surface area contributed by atoms with Gasteiger partial charge in [-0.2, -0.15) is 0 Å². The van der Waals surface area contributed by atoms with Gasteiger partial charge in [0.05, 0.1) is 11.2 Å². The Morgan fingerprint density at radius 3 is 3.23 bits per heavy atom. The molecule has 0 spiro atoms. The first-order valence-corrected chi connectivity index (χ1v) is 8.44. The third-order valence-electron chi connectivity index (χ3n) is 4.04. The number of carbonyl (C=O) groups excluding carboxylic acids is 1. The number of rotatable bonds is 5. The average Bonchev–Trinajstić information content (AvgIpc) is 3.00. The molecular formula is C18H19N5O3. The number of ether oxygens (including phenoxy) is 2. The van der Waals surface area contributed by atoms with Gasteiger partial charge in [-0.25, -0.2) is 9.51 Å². The van der Waals surface area contributed by atoms with Gasteiger partial charge in [0.25, 0.3) is 5.88 Å². The van der Waals surface area contributed by atoms with Crippen molar-refractivity contribution < 1.29 is 14.3 Å². The monoisotopic (exact) mass is 353 g/mol. The molecule has 26 heavy (non-hydrogen) atoms. The van der Waals surface area contributed by atoms with Gasteiger partial charge in [0.1, 0.15) is 24.7 Å². The number of morpholine rings is 1. The molecule has 2 N–H and O–H groups in total. The maximum absolute atomic E-state index is 12.5. The lowest BCUT2D eigenvalue weighted by molar-refractivity contribution is -0.109. The Morgan fingerprint density at radius 2 is 2.35 bits per heavy atom. The first-order valence-electron chi connectivity index (χ1n) is 8.44. The summed E-state index contributed by atoms with van der Waals surface area (Å²) in [6, 6.07) is 5.65. The number of ketones is 1. The maximum Gasteiger partial charge on any atom is 0.260 e. The van der Waals surface area contributed by atoms with Crippen LogP contribution in [-0.2, 0) is 9.53 Å². The SMILES string of the molecule is CNCCOc1nn2ccccc2c1N=C1C=C2OCCNC2=CC1=O. The second kappa shape index (κ2) is 7.01. The van der Waals surface area contributed by atoms with E-state index >= 15 is 0 Å². The summed E-state index contributed by atoms with van der Waals surface area (Å²) in [6.07, 6.45) is 4.99. The Kier molecular flexibility index (Phi) is 4.40. The van der Waals surface area contributed by atoms with Crippen molar-refractivity contribution in [2.45, 2.75) is 0 Å². The van der Waals surface area contributed by atoms with E-state index in [1.54, 1.807) is 10.6 Å². The van der Waals surface area contributed by atoms with Crippen LogP contribution >= 0.6 is 0 Å². The van der Waals surface area contributed by atoms with Crippen LogP contribution < -0.4 is 15.4 Å². The van der Waals surface area contributed by atoms with Crippen molar-refractivity contribution in [3.05, 3.63) is 48.0 Å². The number of pyridine rings is 1. The predicted molar refractivity (Wildman–Crippen MR) is 96.8 cm³/mol. The molecule has 1 saturated heterocycles. The number of nitrogens with one attached hydrogen (secondary N) is 2. The summed E-state index contributed by atoms with van der Waals surface area (Å²) < 4.78 is 13.1. The number of likely N-dealkylation sites (N-methyl/N-ethyl adjacent to an activating group) is 1. The molecule has 2 aromatic rings. The highest BCUT2D eigenvalue weighted by molar-refractivity contribution is 6.49. The molecule has 2 aromatic heterocycles. The summed E-state index contributed by atoms with van der Waals surface area (Å²) in [5.74, 6) is 0.838. The maximum atomic E-state index is 12.5. The fourth-order valence-electron chi connectivity index (χ4n) is 2.78. The number of allylic oxidation sites excluding steroid dienone is 2. The van der Waals surface area contributed by atoms with Crippen molar-refractivity contribution in [1.29, 1.82) is 0 Å². The number of nitrogens with zero attached hydrogens (tertiary/aromatic N) is 3. The molecular weight excluding hydrogens is 334 g/mol. The van der Waals surface area contributed by atoms with Crippen molar-refractivity contribution in [2.75, 3.05) is 33.4 Å². The van der Waals surface area contributed by atoms with Gasteiger partial charge in [0.2, 0.25) is 5.78 Å². The number of carbonyl (C=O) groups is 1. The minimum absolute atomic E-state index is 0.182. The molecule has 3 heterocycles. The first kappa shape index (κ1) is 16.3. The lowest BCUT2D eigenvalue weighted by Crippen LogP contribution is -2.31. The van der Waals surface area contributed by atoms with Crippen LogP contribution in [0.2, 0.25) is 0 Å². The molecule has 1 aliphatic heterocycles. The molecule has 0 radical (unpaired) electrons. The van der Waals surface area contributed by atoms with Crippen LogP contribution in [0.3, 0.4) is 0 Å². The highest BCUT2D eigenvalue weighted by atomic mass is 16.5. The van der Waals surface area contributed by atoms with Gasteiger partial charge in [-0.15, -0.1) is 5.10 Å². The molecule has 1 aliphatic carbocycles. The highest BCUT2D eigenvalue weighted by Crippen LogP contribution is 2.32. The van der Waals surface area contributed by atoms with Crippen LogP contribution in [0.4, 0.5) is 5.69 Å². The van der Waals surface area contributed by atoms with Gasteiger partial charge in [-0.3, -0.25) is 4.79 Å². The lowest BCUT2D eigenvalue weighted by Gasteiger charge is -2.23. The second-order valence-corrected chi connectivity index (χ2v) is 5.84. The fourth-order valence-corrected chi connectivity index (χ4v) is 2.78. The molecule has 0 aromatic carbocycles. The topological polar surface area (TPSA) is 89.2 Å². The van der Waals surface area contributed by atoms with E-state index in [1.807, 2.05) is 31.4 Å². The van der Waals surface area contributed by atoms with Gasteiger partial charge in [-0.1, -0.05) is 6.07 Å². The van der Waals surface area contributed by atoms with Gasteiger partial charge in [-0.05, 0) is 19.2 Å². The van der Waals surface area contributed by atoms with E-state index in [0.717, 1.165) is 5.52 Å². The normalized spacial score (nSPS) is 18.0. The van der Waals surface area contributed by atoms with E-state index in [2.05, 4.69) is 20.7 Å². The van der Waals surface area contributed by atoms with Crippen molar-refractivity contribution in [3.63, 3.8) is 0 Å². The van der Waals surface area contributed by atoms with E-state index in [1.165, 1.54) is 6.08 Å². The minimum atomic E-state index is -0.182. The van der Waals surface area contributed by atoms with Crippen molar-refractivity contribution in [2.24, 2.45) is 4.99 Å². The summed E-state index contributed by atoms with van der Waals surface area (Å²) in [4.78, 5) is 17.0. The van der Waals surface area contributed by atoms with Crippen molar-refractivity contribution in [1.82, 2.24) is 20.2 Å². The minimum Gasteiger partial charge on any atom is -0.490 e. The van der Waals surface area contributed by atoms with Crippen LogP contribution in [0.1, 0.15) is 0 Å². The van der Waals surface area contributed by atoms with Gasteiger partial charge < -0.3 is 20.1 Å². The summed E-state index contributed by atoms with van der Waals surface area (Å²) >= 11 is 0. The van der Waals surface area contributed by atoms with Gasteiger partial charge in [0, 0.05) is 31.4 Å². The van der Waals surface area contributed by atoms with E-state index in [-0.39, 0.29) is 5.78 Å². The van der Waals surface area contributed by atoms with Crippen molar-refractivity contribution >= 4 is 22.7 Å². The number of hydrogen-bond donors (Lipinski definition) is 2. The zero-order valence-electron chi connectivity index (χ0n) is 14.4. The second-order valence-electron chi connectivity index (χ2n) is 5.84. The van der Waals surface area contributed by atoms with E-state index in [4.69, 9.17) is 9.47 Å². The Balaban J connectivity index is 1.74. The van der Waals surface area contributed by atoms with Crippen LogP contribution in [0, 0.1) is 0 Å². The molecule has 0 bridgehead atoms. The van der Waals surface area contributed by atoms with Gasteiger partial charge >= 0.3 is 0 Å². The Hall–Kier alpha value is -3.13. The molecule has 1 fully saturated rings. The summed E-state index contributed by atoms with van der Waals surface area (Å²) in [7, 11) is 1.85. The molecule has 0 unspecified atom stereocenters. The molecule has 4 rings (SSSR count). The Bertz CT molecular complexity index is 941. The van der Waals surface area contributed by atoms with Crippen LogP contribution in [-0.4, -0.2) is 54.5 Å². The number of aromatic nitrogens is 2. The molecule has 8 heteroatoms. The Morgan fingerprint density at radius 1 is 1.42 bits per heavy atom. The Labute approximate surface area is 150 Å². The predicted octanol–water partition coefficient (Wildman–Crippen LogP) is 0.975. The smallest absolute Gasteiger partial charge is 0.260 e. The van der Waals surface area contributed by atoms with Crippen LogP contribution in [0.15, 0.2) is 53.0 Å². The summed E-state index contributed by atoms with van der Waals surface area (Å²) in [5, 5.41) is 10.6. The zero-order valence-corrected chi connectivity index (χ0v) is 14.4. The van der Waals surface area contributed by atoms with Crippen LogP contribution in [0.25, 0.3) is 5.52 Å². The standard InChI is InChI=1S/C18H19N5O3/c1-19-5-8-26-18-17(14-4-2-3-7-23(14)22-18)21-12-11-16-13(10-15(12)24)20-6-9-25-16/h2-4,7,10-11,19-20H,5-6,8-9H2,1H3. The highest BCUT2D eigenvalue weighted by Gasteiger charge is 2.24. The van der Waals surface area contributed by atoms with Crippen LogP contribution in [0.5, 0.6) is 5.88 Å². The van der Waals surface area contributed by atoms with E-state index < -0.39 is 0 Å².